The van der Waals surface area contributed by atoms with Crippen molar-refractivity contribution in [3.05, 3.63) is 166 Å². The number of nitrogens with zero attached hydrogens (tertiary/aromatic N) is 6. The Labute approximate surface area is 268 Å². The maximum Gasteiger partial charge on any atom is 0.287 e. The Bertz CT molecular complexity index is 2210. The number of hydrogen-bond acceptors (Lipinski definition) is 10. The zero-order valence-electron chi connectivity index (χ0n) is 25.1. The van der Waals surface area contributed by atoms with E-state index in [1.54, 1.807) is 12.4 Å². The molecule has 0 saturated carbocycles. The summed E-state index contributed by atoms with van der Waals surface area (Å²) in [5, 5.41) is 17.4. The quantitative estimate of drug-likeness (QED) is 0.193. The Hall–Kier alpha value is -6.56. The number of nitrogens with one attached hydrogen (secondary N) is 2. The summed E-state index contributed by atoms with van der Waals surface area (Å²) < 4.78 is 1.74. The zero-order valence-corrected chi connectivity index (χ0v) is 25.1. The molecule has 12 heteroatoms. The lowest BCUT2D eigenvalue weighted by atomic mass is 10.2. The standard InChI is InChI=1S/C21H18N4O2.C14H12N4O2/c26-20-11-19(23-12-16-7-3-1-4-8-16)18-13-22-15-24-21(18)25(20)27-14-17-9-5-2-6-10-17;19-13-6-12(16-7-10-4-2-1-3-5-10)11-8-15-9-17-14(11)18(13)20/h1-11,13,15,23H,12,14H2;1-6,8-9,16,20H,7H2. The highest BCUT2D eigenvalue weighted by molar-refractivity contribution is 5.88. The average Bonchev–Trinajstić information content (AvgIpc) is 3.13. The Morgan fingerprint density at radius 1 is 0.617 bits per heavy atom. The normalized spacial score (nSPS) is 10.6. The van der Waals surface area contributed by atoms with E-state index in [9.17, 15) is 14.8 Å². The second-order valence-corrected chi connectivity index (χ2v) is 10.4. The van der Waals surface area contributed by atoms with E-state index in [0.717, 1.165) is 22.1 Å². The Morgan fingerprint density at radius 3 is 1.64 bits per heavy atom. The summed E-state index contributed by atoms with van der Waals surface area (Å²) in [6.45, 7) is 1.44. The van der Waals surface area contributed by atoms with E-state index in [1.165, 1.54) is 29.5 Å². The minimum atomic E-state index is -0.535. The monoisotopic (exact) mass is 626 g/mol. The number of rotatable bonds is 9. The summed E-state index contributed by atoms with van der Waals surface area (Å²) in [6.07, 6.45) is 5.93. The van der Waals surface area contributed by atoms with Crippen molar-refractivity contribution in [2.75, 3.05) is 10.6 Å². The molecule has 0 spiro atoms. The molecule has 0 aliphatic carbocycles. The third-order valence-electron chi connectivity index (χ3n) is 7.16. The molecule has 4 heterocycles. The lowest BCUT2D eigenvalue weighted by molar-refractivity contribution is 0.0980. The highest BCUT2D eigenvalue weighted by Gasteiger charge is 2.12. The molecule has 47 heavy (non-hydrogen) atoms. The van der Waals surface area contributed by atoms with Gasteiger partial charge in [0.05, 0.1) is 22.1 Å². The lowest BCUT2D eigenvalue weighted by Gasteiger charge is -2.14. The molecule has 0 unspecified atom stereocenters. The number of pyridine rings is 2. The van der Waals surface area contributed by atoms with Crippen LogP contribution in [0.5, 0.6) is 0 Å². The van der Waals surface area contributed by atoms with Crippen molar-refractivity contribution in [2.24, 2.45) is 0 Å². The van der Waals surface area contributed by atoms with E-state index in [1.807, 2.05) is 91.0 Å². The van der Waals surface area contributed by atoms with E-state index in [4.69, 9.17) is 4.84 Å². The van der Waals surface area contributed by atoms with E-state index < -0.39 is 5.56 Å². The van der Waals surface area contributed by atoms with Gasteiger partial charge in [0.25, 0.3) is 11.1 Å². The Morgan fingerprint density at radius 2 is 1.09 bits per heavy atom. The first-order chi connectivity index (χ1) is 23.1. The molecule has 0 aliphatic rings. The average molecular weight is 627 g/mol. The third kappa shape index (κ3) is 7.40. The van der Waals surface area contributed by atoms with Crippen LogP contribution in [0.1, 0.15) is 16.7 Å². The lowest BCUT2D eigenvalue weighted by Crippen LogP contribution is -2.27. The second-order valence-electron chi connectivity index (χ2n) is 10.4. The van der Waals surface area contributed by atoms with Gasteiger partial charge in [0.15, 0.2) is 11.3 Å². The number of anilines is 2. The van der Waals surface area contributed by atoms with Crippen LogP contribution in [-0.2, 0) is 19.7 Å². The molecule has 0 saturated heterocycles. The Balaban J connectivity index is 0.000000172. The van der Waals surface area contributed by atoms with Crippen molar-refractivity contribution in [1.82, 2.24) is 29.4 Å². The van der Waals surface area contributed by atoms with E-state index >= 15 is 0 Å². The molecule has 0 bridgehead atoms. The third-order valence-corrected chi connectivity index (χ3v) is 7.16. The van der Waals surface area contributed by atoms with Gasteiger partial charge in [-0.1, -0.05) is 91.0 Å². The smallest absolute Gasteiger partial charge is 0.287 e. The Kier molecular flexibility index (Phi) is 9.39. The first-order valence-corrected chi connectivity index (χ1v) is 14.7. The molecule has 0 atom stereocenters. The molecule has 0 fully saturated rings. The summed E-state index contributed by atoms with van der Waals surface area (Å²) in [4.78, 5) is 46.2. The highest BCUT2D eigenvalue weighted by Crippen LogP contribution is 2.20. The van der Waals surface area contributed by atoms with Crippen molar-refractivity contribution in [1.29, 1.82) is 0 Å². The van der Waals surface area contributed by atoms with Gasteiger partial charge in [0.2, 0.25) is 0 Å². The molecule has 7 aromatic rings. The number of benzene rings is 3. The number of hydrogen-bond donors (Lipinski definition) is 3. The van der Waals surface area contributed by atoms with Gasteiger partial charge in [0.1, 0.15) is 19.3 Å². The molecule has 234 valence electrons. The highest BCUT2D eigenvalue weighted by atomic mass is 16.7. The van der Waals surface area contributed by atoms with Crippen LogP contribution in [0.15, 0.2) is 138 Å². The van der Waals surface area contributed by atoms with Crippen LogP contribution in [-0.4, -0.2) is 34.6 Å². The van der Waals surface area contributed by atoms with Gasteiger partial charge >= 0.3 is 0 Å². The number of fused-ring (bicyclic) bond motifs is 2. The summed E-state index contributed by atoms with van der Waals surface area (Å²) in [6, 6.07) is 32.3. The first kappa shape index (κ1) is 30.5. The van der Waals surface area contributed by atoms with Gasteiger partial charge in [-0.05, 0) is 16.7 Å². The predicted octanol–water partition coefficient (Wildman–Crippen LogP) is 4.67. The summed E-state index contributed by atoms with van der Waals surface area (Å²) >= 11 is 0. The van der Waals surface area contributed by atoms with Crippen LogP contribution >= 0.6 is 0 Å². The second kappa shape index (κ2) is 14.5. The van der Waals surface area contributed by atoms with Crippen molar-refractivity contribution in [2.45, 2.75) is 19.7 Å². The predicted molar refractivity (Wildman–Crippen MR) is 179 cm³/mol. The SMILES string of the molecule is O=c1cc(NCc2ccccc2)c2cncnc2n1O.O=c1cc(NCc2ccccc2)c2cncnc2n1OCc1ccccc1. The minimum Gasteiger partial charge on any atom is -0.423 e. The largest absolute Gasteiger partial charge is 0.423 e. The fourth-order valence-electron chi connectivity index (χ4n) is 4.80. The number of aromatic nitrogens is 6. The molecular formula is C35H30N8O4. The maximum absolute atomic E-state index is 12.6. The molecule has 7 rings (SSSR count). The van der Waals surface area contributed by atoms with Crippen LogP contribution in [0.3, 0.4) is 0 Å². The van der Waals surface area contributed by atoms with Gasteiger partial charge in [0, 0.05) is 37.6 Å². The molecule has 0 radical (unpaired) electrons. The van der Waals surface area contributed by atoms with E-state index in [-0.39, 0.29) is 17.8 Å². The van der Waals surface area contributed by atoms with E-state index in [2.05, 4.69) is 30.6 Å². The van der Waals surface area contributed by atoms with Crippen molar-refractivity contribution >= 4 is 33.4 Å². The molecule has 0 aliphatic heterocycles. The van der Waals surface area contributed by atoms with Gasteiger partial charge in [-0.15, -0.1) is 9.46 Å². The maximum atomic E-state index is 12.6. The van der Waals surface area contributed by atoms with Gasteiger partial charge in [-0.25, -0.2) is 19.9 Å². The van der Waals surface area contributed by atoms with Gasteiger partial charge < -0.3 is 20.7 Å². The molecule has 12 nitrogen and oxygen atoms in total. The van der Waals surface area contributed by atoms with E-state index in [0.29, 0.717) is 40.2 Å². The fourth-order valence-corrected chi connectivity index (χ4v) is 4.80. The topological polar surface area (TPSA) is 149 Å². The molecule has 0 amide bonds. The van der Waals surface area contributed by atoms with Crippen LogP contribution in [0.4, 0.5) is 11.4 Å². The summed E-state index contributed by atoms with van der Waals surface area (Å²) in [7, 11) is 0. The molecule has 3 aromatic carbocycles. The van der Waals surface area contributed by atoms with Gasteiger partial charge in [-0.2, -0.15) is 0 Å². The van der Waals surface area contributed by atoms with Crippen LogP contribution in [0, 0.1) is 0 Å². The minimum absolute atomic E-state index is 0.183. The molecular weight excluding hydrogens is 596 g/mol. The molecule has 3 N–H and O–H groups in total. The first-order valence-electron chi connectivity index (χ1n) is 14.7. The van der Waals surface area contributed by atoms with Crippen molar-refractivity contribution in [3.63, 3.8) is 0 Å². The summed E-state index contributed by atoms with van der Waals surface area (Å²) in [5.41, 5.74) is 4.25. The van der Waals surface area contributed by atoms with Crippen molar-refractivity contribution < 1.29 is 10.0 Å². The van der Waals surface area contributed by atoms with Crippen LogP contribution in [0.2, 0.25) is 0 Å². The zero-order chi connectivity index (χ0) is 32.4. The van der Waals surface area contributed by atoms with Gasteiger partial charge in [-0.3, -0.25) is 9.59 Å². The fraction of sp³-hybridized carbons (Fsp3) is 0.0857. The molecule has 4 aromatic heterocycles. The summed E-state index contributed by atoms with van der Waals surface area (Å²) in [5.74, 6) is 0. The van der Waals surface area contributed by atoms with Crippen LogP contribution in [0.25, 0.3) is 22.1 Å². The van der Waals surface area contributed by atoms with Crippen molar-refractivity contribution in [3.8, 4) is 0 Å². The van der Waals surface area contributed by atoms with Crippen LogP contribution < -0.4 is 26.6 Å².